The zero-order valence-electron chi connectivity index (χ0n) is 6.44. The normalized spacial score (nSPS) is 11.4. The SMILES string of the molecule is CC(C)OCCCC(F)F. The van der Waals surface area contributed by atoms with E-state index in [1.54, 1.807) is 0 Å². The molecule has 0 bridgehead atoms. The van der Waals surface area contributed by atoms with Gasteiger partial charge < -0.3 is 4.74 Å². The fraction of sp³-hybridized carbons (Fsp3) is 1.00. The zero-order valence-corrected chi connectivity index (χ0v) is 6.44. The van der Waals surface area contributed by atoms with E-state index in [0.717, 1.165) is 0 Å². The summed E-state index contributed by atoms with van der Waals surface area (Å²) in [5, 5.41) is 0. The van der Waals surface area contributed by atoms with Gasteiger partial charge in [-0.1, -0.05) is 0 Å². The molecule has 0 saturated carbocycles. The first-order chi connectivity index (χ1) is 4.63. The minimum atomic E-state index is -2.18. The number of hydrogen-bond donors (Lipinski definition) is 0. The van der Waals surface area contributed by atoms with Crippen molar-refractivity contribution in [3.63, 3.8) is 0 Å². The standard InChI is InChI=1S/C7H14F2O/c1-6(2)10-5-3-4-7(8)9/h6-7H,3-5H2,1-2H3. The average Bonchev–Trinajstić information content (AvgIpc) is 1.79. The molecule has 62 valence electrons. The van der Waals surface area contributed by atoms with Crippen molar-refractivity contribution in [3.05, 3.63) is 0 Å². The Balaban J connectivity index is 2.91. The Labute approximate surface area is 60.4 Å². The predicted octanol–water partition coefficient (Wildman–Crippen LogP) is 2.46. The maximum Gasteiger partial charge on any atom is 0.238 e. The van der Waals surface area contributed by atoms with Crippen LogP contribution in [0.1, 0.15) is 26.7 Å². The molecule has 0 aliphatic heterocycles. The molecule has 0 aromatic carbocycles. The monoisotopic (exact) mass is 152 g/mol. The first-order valence-corrected chi connectivity index (χ1v) is 3.52. The molecule has 0 heterocycles. The van der Waals surface area contributed by atoms with Gasteiger partial charge >= 0.3 is 0 Å². The van der Waals surface area contributed by atoms with E-state index < -0.39 is 6.43 Å². The average molecular weight is 152 g/mol. The Hall–Kier alpha value is -0.180. The summed E-state index contributed by atoms with van der Waals surface area (Å²) >= 11 is 0. The van der Waals surface area contributed by atoms with E-state index in [9.17, 15) is 8.78 Å². The molecule has 0 aliphatic carbocycles. The van der Waals surface area contributed by atoms with E-state index in [4.69, 9.17) is 4.74 Å². The molecule has 0 unspecified atom stereocenters. The molecule has 0 aromatic heterocycles. The molecule has 0 fully saturated rings. The van der Waals surface area contributed by atoms with Crippen molar-refractivity contribution >= 4 is 0 Å². The number of alkyl halides is 2. The molecule has 0 N–H and O–H groups in total. The number of halogens is 2. The minimum absolute atomic E-state index is 0.0489. The van der Waals surface area contributed by atoms with E-state index in [2.05, 4.69) is 0 Å². The van der Waals surface area contributed by atoms with E-state index in [0.29, 0.717) is 13.0 Å². The van der Waals surface area contributed by atoms with Crippen LogP contribution >= 0.6 is 0 Å². The van der Waals surface area contributed by atoms with Crippen LogP contribution in [0, 0.1) is 0 Å². The van der Waals surface area contributed by atoms with Gasteiger partial charge in [0.1, 0.15) is 0 Å². The van der Waals surface area contributed by atoms with E-state index >= 15 is 0 Å². The zero-order chi connectivity index (χ0) is 7.98. The summed E-state index contributed by atoms with van der Waals surface area (Å²) in [6.07, 6.45) is -1.63. The number of hydrogen-bond acceptors (Lipinski definition) is 1. The molecule has 3 heteroatoms. The lowest BCUT2D eigenvalue weighted by atomic mass is 10.3. The Morgan fingerprint density at radius 2 is 1.90 bits per heavy atom. The molecule has 0 aliphatic rings. The van der Waals surface area contributed by atoms with Crippen LogP contribution in [-0.4, -0.2) is 19.1 Å². The van der Waals surface area contributed by atoms with Crippen LogP contribution in [0.4, 0.5) is 8.78 Å². The van der Waals surface area contributed by atoms with Gasteiger partial charge in [-0.25, -0.2) is 8.78 Å². The van der Waals surface area contributed by atoms with Gasteiger partial charge in [0.15, 0.2) is 0 Å². The van der Waals surface area contributed by atoms with Crippen molar-refractivity contribution in [1.29, 1.82) is 0 Å². The van der Waals surface area contributed by atoms with Gasteiger partial charge in [-0.05, 0) is 20.3 Å². The van der Waals surface area contributed by atoms with Crippen molar-refractivity contribution in [2.24, 2.45) is 0 Å². The molecule has 0 atom stereocenters. The van der Waals surface area contributed by atoms with Crippen molar-refractivity contribution in [2.75, 3.05) is 6.61 Å². The second kappa shape index (κ2) is 5.59. The maximum absolute atomic E-state index is 11.5. The third kappa shape index (κ3) is 7.82. The Morgan fingerprint density at radius 1 is 1.30 bits per heavy atom. The fourth-order valence-corrected chi connectivity index (χ4v) is 0.557. The van der Waals surface area contributed by atoms with Crippen molar-refractivity contribution in [3.8, 4) is 0 Å². The van der Waals surface area contributed by atoms with Crippen LogP contribution in [0.15, 0.2) is 0 Å². The highest BCUT2D eigenvalue weighted by Gasteiger charge is 2.01. The van der Waals surface area contributed by atoms with Gasteiger partial charge in [-0.3, -0.25) is 0 Å². The van der Waals surface area contributed by atoms with Crippen LogP contribution < -0.4 is 0 Å². The second-order valence-electron chi connectivity index (χ2n) is 2.45. The molecule has 1 nitrogen and oxygen atoms in total. The second-order valence-corrected chi connectivity index (χ2v) is 2.45. The molecule has 0 aromatic rings. The van der Waals surface area contributed by atoms with Gasteiger partial charge in [-0.2, -0.15) is 0 Å². The maximum atomic E-state index is 11.5. The summed E-state index contributed by atoms with van der Waals surface area (Å²) in [5.41, 5.74) is 0. The van der Waals surface area contributed by atoms with Crippen LogP contribution in [0.3, 0.4) is 0 Å². The molecule has 0 radical (unpaired) electrons. The number of ether oxygens (including phenoxy) is 1. The molecule has 0 rings (SSSR count). The molecular formula is C7H14F2O. The Bertz CT molecular complexity index is 64.0. The topological polar surface area (TPSA) is 9.23 Å². The first kappa shape index (κ1) is 9.82. The summed E-state index contributed by atoms with van der Waals surface area (Å²) in [6, 6.07) is 0. The van der Waals surface area contributed by atoms with Crippen LogP contribution in [0.25, 0.3) is 0 Å². The largest absolute Gasteiger partial charge is 0.379 e. The molecule has 0 saturated heterocycles. The molecule has 0 spiro atoms. The highest BCUT2D eigenvalue weighted by molar-refractivity contribution is 4.42. The van der Waals surface area contributed by atoms with Gasteiger partial charge in [0.05, 0.1) is 6.10 Å². The summed E-state index contributed by atoms with van der Waals surface area (Å²) in [5.74, 6) is 0. The Morgan fingerprint density at radius 3 is 2.30 bits per heavy atom. The van der Waals surface area contributed by atoms with Crippen LogP contribution in [-0.2, 0) is 4.74 Å². The third-order valence-corrected chi connectivity index (χ3v) is 1.02. The summed E-state index contributed by atoms with van der Waals surface area (Å²) in [7, 11) is 0. The lowest BCUT2D eigenvalue weighted by Gasteiger charge is -2.05. The highest BCUT2D eigenvalue weighted by atomic mass is 19.3. The van der Waals surface area contributed by atoms with Gasteiger partial charge in [0.25, 0.3) is 0 Å². The van der Waals surface area contributed by atoms with Crippen molar-refractivity contribution in [1.82, 2.24) is 0 Å². The quantitative estimate of drug-likeness (QED) is 0.550. The lowest BCUT2D eigenvalue weighted by molar-refractivity contribution is 0.0597. The van der Waals surface area contributed by atoms with Crippen LogP contribution in [0.5, 0.6) is 0 Å². The summed E-state index contributed by atoms with van der Waals surface area (Å²) in [4.78, 5) is 0. The summed E-state index contributed by atoms with van der Waals surface area (Å²) in [6.45, 7) is 4.23. The van der Waals surface area contributed by atoms with E-state index in [-0.39, 0.29) is 12.5 Å². The smallest absolute Gasteiger partial charge is 0.238 e. The minimum Gasteiger partial charge on any atom is -0.379 e. The van der Waals surface area contributed by atoms with Crippen LogP contribution in [0.2, 0.25) is 0 Å². The fourth-order valence-electron chi connectivity index (χ4n) is 0.557. The van der Waals surface area contributed by atoms with Gasteiger partial charge in [-0.15, -0.1) is 0 Å². The highest BCUT2D eigenvalue weighted by Crippen LogP contribution is 2.03. The first-order valence-electron chi connectivity index (χ1n) is 3.52. The van der Waals surface area contributed by atoms with E-state index in [1.807, 2.05) is 13.8 Å². The van der Waals surface area contributed by atoms with Gasteiger partial charge in [0, 0.05) is 13.0 Å². The lowest BCUT2D eigenvalue weighted by Crippen LogP contribution is -2.04. The number of rotatable bonds is 5. The molecular weight excluding hydrogens is 138 g/mol. The molecule has 10 heavy (non-hydrogen) atoms. The van der Waals surface area contributed by atoms with Crippen molar-refractivity contribution < 1.29 is 13.5 Å². The van der Waals surface area contributed by atoms with E-state index in [1.165, 1.54) is 0 Å². The Kier molecular flexibility index (Phi) is 5.49. The third-order valence-electron chi connectivity index (χ3n) is 1.02. The molecule has 0 amide bonds. The summed E-state index contributed by atoms with van der Waals surface area (Å²) < 4.78 is 28.1. The predicted molar refractivity (Wildman–Crippen MR) is 36.3 cm³/mol. The van der Waals surface area contributed by atoms with Crippen molar-refractivity contribution in [2.45, 2.75) is 39.2 Å². The van der Waals surface area contributed by atoms with Gasteiger partial charge in [0.2, 0.25) is 6.43 Å².